The van der Waals surface area contributed by atoms with E-state index in [-0.39, 0.29) is 16.4 Å². The maximum Gasteiger partial charge on any atom is 0.346 e. The first-order valence-corrected chi connectivity index (χ1v) is 34.0. The van der Waals surface area contributed by atoms with Crippen LogP contribution < -0.4 is 14.4 Å². The quantitative estimate of drug-likeness (QED) is 0.0236. The van der Waals surface area contributed by atoms with Gasteiger partial charge in [-0.2, -0.15) is 5.26 Å². The van der Waals surface area contributed by atoms with Gasteiger partial charge in [0.05, 0.1) is 13.2 Å². The number of carboxylic acid groups (broad SMARTS) is 1. The molecule has 8 rings (SSSR count). The minimum Gasteiger partial charge on any atom is -0.494 e. The molecule has 2 aliphatic carbocycles. The minimum atomic E-state index is -1.17. The highest BCUT2D eigenvalue weighted by Crippen LogP contribution is 2.62. The van der Waals surface area contributed by atoms with Crippen LogP contribution in [0.2, 0.25) is 0 Å². The maximum absolute atomic E-state index is 12.2. The summed E-state index contributed by atoms with van der Waals surface area (Å²) in [7, 11) is 0. The summed E-state index contributed by atoms with van der Waals surface area (Å²) in [6.45, 7) is 15.2. The van der Waals surface area contributed by atoms with Gasteiger partial charge in [0.15, 0.2) is 0 Å². The van der Waals surface area contributed by atoms with Crippen molar-refractivity contribution < 1.29 is 19.4 Å². The number of anilines is 3. The van der Waals surface area contributed by atoms with Gasteiger partial charge in [-0.15, -0.1) is 22.7 Å². The fraction of sp³-hybridized carbons (Fsp3) is 0.514. The Morgan fingerprint density at radius 2 is 0.902 bits per heavy atom. The summed E-state index contributed by atoms with van der Waals surface area (Å²) in [5, 5.41) is 19.8. The summed E-state index contributed by atoms with van der Waals surface area (Å²) >= 11 is 3.61. The molecule has 0 spiro atoms. The molecule has 6 nitrogen and oxygen atoms in total. The van der Waals surface area contributed by atoms with Crippen molar-refractivity contribution in [1.29, 1.82) is 5.26 Å². The minimum absolute atomic E-state index is 0.153. The lowest BCUT2D eigenvalue weighted by Gasteiger charge is -2.34. The maximum atomic E-state index is 12.2. The zero-order valence-corrected chi connectivity index (χ0v) is 52.5. The van der Waals surface area contributed by atoms with Crippen molar-refractivity contribution in [3.63, 3.8) is 0 Å². The van der Waals surface area contributed by atoms with Crippen LogP contribution in [0, 0.1) is 11.3 Å². The number of carbonyl (C=O) groups is 1. The van der Waals surface area contributed by atoms with Gasteiger partial charge < -0.3 is 19.5 Å². The molecule has 6 aromatic rings. The molecule has 0 fully saturated rings. The van der Waals surface area contributed by atoms with E-state index < -0.39 is 5.97 Å². The predicted molar refractivity (Wildman–Crippen MR) is 350 cm³/mol. The molecule has 2 aromatic heterocycles. The molecule has 0 aliphatic heterocycles. The second-order valence-corrected chi connectivity index (χ2v) is 25.9. The first kappa shape index (κ1) is 62.4. The third kappa shape index (κ3) is 14.8. The van der Waals surface area contributed by atoms with Crippen LogP contribution in [-0.2, 0) is 15.6 Å². The van der Waals surface area contributed by atoms with E-state index in [0.29, 0.717) is 0 Å². The van der Waals surface area contributed by atoms with Crippen LogP contribution in [0.3, 0.4) is 0 Å². The SMILES string of the molecule is CCCCCCOc1ccc(N(c2ccc(OCCCCCC)cc2)c2ccc3c(c2)C(CCCCCC)(CCCCCC)c2cc(-c4cc5c(s4)-c4sc(/C=C(\C#N)C(=O)O)cc4C5(CCCCCC)CCCCCC)ccc2-3)cc1. The van der Waals surface area contributed by atoms with Crippen molar-refractivity contribution in [2.75, 3.05) is 18.1 Å². The van der Waals surface area contributed by atoms with Crippen LogP contribution in [-0.4, -0.2) is 24.3 Å². The first-order chi connectivity index (χ1) is 40.2. The molecule has 0 bridgehead atoms. The van der Waals surface area contributed by atoms with Crippen molar-refractivity contribution in [3.8, 4) is 48.9 Å². The number of thiophene rings is 2. The molecular formula is C74H96N2O4S2. The Hall–Kier alpha value is -5.62. The van der Waals surface area contributed by atoms with Crippen molar-refractivity contribution in [2.45, 2.75) is 232 Å². The molecule has 82 heavy (non-hydrogen) atoms. The Balaban J connectivity index is 1.24. The number of hydrogen-bond donors (Lipinski definition) is 1. The summed E-state index contributed by atoms with van der Waals surface area (Å²) in [6.07, 6.45) is 34.6. The molecule has 0 saturated heterocycles. The third-order valence-corrected chi connectivity index (χ3v) is 20.2. The molecule has 2 aliphatic rings. The van der Waals surface area contributed by atoms with Gasteiger partial charge in [0.1, 0.15) is 23.1 Å². The summed E-state index contributed by atoms with van der Waals surface area (Å²) in [6, 6.07) is 39.2. The number of benzene rings is 4. The number of fused-ring (bicyclic) bond motifs is 6. The standard InChI is InChI=1S/C74H96N2O4S2/c1-7-13-19-25-43-73(44-26-20-14-8-2)65-50-55(69-53-68-71(82-69)70-67(52-62(81-70)49-56(54-75)72(77)78)74(68,45-27-21-15-9-3)46-28-22-16-10-4)31-41-63(65)64-42-36-59(51-66(64)73)76(57-32-37-60(38-33-57)79-47-29-23-17-11-5)58-34-39-61(40-35-58)80-48-30-24-18-12-6/h31-42,49-53H,7-30,43-48H2,1-6H3,(H,77,78)/b56-49+. The van der Waals surface area contributed by atoms with Crippen LogP contribution in [0.15, 0.2) is 103 Å². The largest absolute Gasteiger partial charge is 0.494 e. The van der Waals surface area contributed by atoms with E-state index in [1.54, 1.807) is 17.4 Å². The summed E-state index contributed by atoms with van der Waals surface area (Å²) in [4.78, 5) is 19.4. The molecule has 0 radical (unpaired) electrons. The molecule has 4 aromatic carbocycles. The van der Waals surface area contributed by atoms with E-state index >= 15 is 0 Å². The van der Waals surface area contributed by atoms with E-state index in [4.69, 9.17) is 9.47 Å². The lowest BCUT2D eigenvalue weighted by molar-refractivity contribution is -0.132. The first-order valence-electron chi connectivity index (χ1n) is 32.4. The summed E-state index contributed by atoms with van der Waals surface area (Å²) < 4.78 is 12.6. The number of carboxylic acids is 1. The zero-order chi connectivity index (χ0) is 57.7. The Kier molecular flexibility index (Phi) is 23.8. The third-order valence-electron chi connectivity index (χ3n) is 17.8. The van der Waals surface area contributed by atoms with Gasteiger partial charge in [-0.25, -0.2) is 4.79 Å². The molecule has 0 saturated carbocycles. The van der Waals surface area contributed by atoms with E-state index in [9.17, 15) is 15.2 Å². The smallest absolute Gasteiger partial charge is 0.346 e. The Labute approximate surface area is 502 Å². The number of aliphatic carboxylic acids is 1. The number of rotatable bonds is 38. The number of nitrogens with zero attached hydrogens (tertiary/aromatic N) is 2. The highest BCUT2D eigenvalue weighted by Gasteiger charge is 2.47. The lowest BCUT2D eigenvalue weighted by atomic mass is 9.70. The fourth-order valence-electron chi connectivity index (χ4n) is 13.3. The number of nitriles is 1. The average molecular weight is 1140 g/mol. The van der Waals surface area contributed by atoms with E-state index in [0.717, 1.165) is 98.0 Å². The molecule has 0 amide bonds. The van der Waals surface area contributed by atoms with E-state index in [1.165, 1.54) is 182 Å². The highest BCUT2D eigenvalue weighted by atomic mass is 32.1. The van der Waals surface area contributed by atoms with Gasteiger partial charge in [-0.1, -0.05) is 201 Å². The van der Waals surface area contributed by atoms with Crippen molar-refractivity contribution in [1.82, 2.24) is 0 Å². The van der Waals surface area contributed by atoms with E-state index in [1.807, 2.05) is 17.4 Å². The molecular weight excluding hydrogens is 1040 g/mol. The average Bonchev–Trinajstić information content (AvgIpc) is 3.49. The monoisotopic (exact) mass is 1140 g/mol. The fourth-order valence-corrected chi connectivity index (χ4v) is 15.9. The Bertz CT molecular complexity index is 2950. The van der Waals surface area contributed by atoms with Gasteiger partial charge in [-0.3, -0.25) is 0 Å². The molecule has 1 N–H and O–H groups in total. The van der Waals surface area contributed by atoms with Gasteiger partial charge in [0.2, 0.25) is 0 Å². The number of hydrogen-bond acceptors (Lipinski definition) is 7. The number of ether oxygens (including phenoxy) is 2. The normalized spacial score (nSPS) is 13.6. The van der Waals surface area contributed by atoms with Crippen LogP contribution >= 0.6 is 22.7 Å². The van der Waals surface area contributed by atoms with Crippen LogP contribution in [0.4, 0.5) is 17.1 Å². The molecule has 2 heterocycles. The van der Waals surface area contributed by atoms with Gasteiger partial charge in [-0.05, 0) is 162 Å². The predicted octanol–water partition coefficient (Wildman–Crippen LogP) is 23.3. The Morgan fingerprint density at radius 1 is 0.488 bits per heavy atom. The van der Waals surface area contributed by atoms with Crippen molar-refractivity contribution in [3.05, 3.63) is 130 Å². The van der Waals surface area contributed by atoms with Gasteiger partial charge in [0.25, 0.3) is 0 Å². The molecule has 438 valence electrons. The van der Waals surface area contributed by atoms with Crippen LogP contribution in [0.5, 0.6) is 11.5 Å². The van der Waals surface area contributed by atoms with Gasteiger partial charge >= 0.3 is 5.97 Å². The van der Waals surface area contributed by atoms with Crippen molar-refractivity contribution in [2.24, 2.45) is 0 Å². The van der Waals surface area contributed by atoms with Crippen LogP contribution in [0.1, 0.15) is 248 Å². The van der Waals surface area contributed by atoms with E-state index in [2.05, 4.69) is 144 Å². The summed E-state index contributed by atoms with van der Waals surface area (Å²) in [5.74, 6) is 0.648. The Morgan fingerprint density at radius 3 is 1.37 bits per heavy atom. The second kappa shape index (κ2) is 31.3. The molecule has 8 heteroatoms. The van der Waals surface area contributed by atoms with Crippen LogP contribution in [0.25, 0.3) is 37.4 Å². The highest BCUT2D eigenvalue weighted by molar-refractivity contribution is 7.24. The topological polar surface area (TPSA) is 82.8 Å². The van der Waals surface area contributed by atoms with Crippen molar-refractivity contribution >= 4 is 51.8 Å². The summed E-state index contributed by atoms with van der Waals surface area (Å²) in [5.41, 5.74) is 12.6. The second-order valence-electron chi connectivity index (χ2n) is 23.8. The van der Waals surface area contributed by atoms with Gasteiger partial charge in [0, 0.05) is 47.4 Å². The molecule has 0 atom stereocenters. The molecule has 0 unspecified atom stereocenters. The number of unbranched alkanes of at least 4 members (excludes halogenated alkanes) is 18. The lowest BCUT2D eigenvalue weighted by Crippen LogP contribution is -2.26. The zero-order valence-electron chi connectivity index (χ0n) is 50.9.